The van der Waals surface area contributed by atoms with Crippen molar-refractivity contribution in [1.82, 2.24) is 0 Å². The Kier molecular flexibility index (Phi) is 5.10. The summed E-state index contributed by atoms with van der Waals surface area (Å²) in [5, 5.41) is 0. The second-order valence-corrected chi connectivity index (χ2v) is 11.1. The summed E-state index contributed by atoms with van der Waals surface area (Å²) in [4.78, 5) is 0. The number of hydrogen-bond donors (Lipinski definition) is 0. The van der Waals surface area contributed by atoms with Gasteiger partial charge in [-0.2, -0.15) is 11.1 Å². The van der Waals surface area contributed by atoms with Crippen molar-refractivity contribution in [2.45, 2.75) is 57.5 Å². The average molecular weight is 251 g/mol. The summed E-state index contributed by atoms with van der Waals surface area (Å²) in [6.07, 6.45) is 3.08. The highest BCUT2D eigenvalue weighted by Gasteiger charge is 2.40. The standard InChI is InChI=1S/C11H23ClO2Si/c1-4-9-15(3,12)10-11(5-2)13-7-6-8-14-11/h4-10H2,1-3H3. The quantitative estimate of drug-likeness (QED) is 0.547. The van der Waals surface area contributed by atoms with Crippen molar-refractivity contribution in [3.05, 3.63) is 0 Å². The smallest absolute Gasteiger partial charge is 0.166 e. The fourth-order valence-electron chi connectivity index (χ4n) is 2.22. The van der Waals surface area contributed by atoms with Crippen LogP contribution in [0, 0.1) is 0 Å². The summed E-state index contributed by atoms with van der Waals surface area (Å²) in [6.45, 7) is 8.17. The third-order valence-corrected chi connectivity index (χ3v) is 6.75. The van der Waals surface area contributed by atoms with E-state index in [2.05, 4.69) is 20.4 Å². The molecule has 15 heavy (non-hydrogen) atoms. The van der Waals surface area contributed by atoms with Gasteiger partial charge in [-0.05, 0) is 18.9 Å². The average Bonchev–Trinajstić information content (AvgIpc) is 2.18. The van der Waals surface area contributed by atoms with Crippen LogP contribution in [0.4, 0.5) is 0 Å². The van der Waals surface area contributed by atoms with E-state index in [0.29, 0.717) is 0 Å². The van der Waals surface area contributed by atoms with Crippen LogP contribution in [0.25, 0.3) is 0 Å². The predicted molar refractivity (Wildman–Crippen MR) is 66.9 cm³/mol. The molecule has 2 nitrogen and oxygen atoms in total. The number of ether oxygens (including phenoxy) is 2. The van der Waals surface area contributed by atoms with E-state index >= 15 is 0 Å². The molecule has 0 aromatic rings. The minimum Gasteiger partial charge on any atom is -0.350 e. The summed E-state index contributed by atoms with van der Waals surface area (Å²) in [7, 11) is -1.66. The molecule has 1 aliphatic rings. The second kappa shape index (κ2) is 5.67. The summed E-state index contributed by atoms with van der Waals surface area (Å²) < 4.78 is 11.6. The summed E-state index contributed by atoms with van der Waals surface area (Å²) in [5.41, 5.74) is 0. The molecule has 1 atom stereocenters. The van der Waals surface area contributed by atoms with Crippen LogP contribution in [0.1, 0.15) is 33.1 Å². The Morgan fingerprint density at radius 2 is 1.87 bits per heavy atom. The first-order chi connectivity index (χ1) is 7.04. The van der Waals surface area contributed by atoms with Gasteiger partial charge in [-0.3, -0.25) is 0 Å². The van der Waals surface area contributed by atoms with Gasteiger partial charge in [-0.15, -0.1) is 0 Å². The Balaban J connectivity index is 2.58. The third kappa shape index (κ3) is 4.06. The van der Waals surface area contributed by atoms with E-state index in [1.807, 2.05) is 0 Å². The lowest BCUT2D eigenvalue weighted by Crippen LogP contribution is -2.45. The molecule has 0 bridgehead atoms. The maximum atomic E-state index is 6.62. The first kappa shape index (κ1) is 13.5. The molecule has 1 saturated heterocycles. The lowest BCUT2D eigenvalue weighted by molar-refractivity contribution is -0.256. The third-order valence-electron chi connectivity index (χ3n) is 2.97. The van der Waals surface area contributed by atoms with Gasteiger partial charge in [0.05, 0.1) is 13.2 Å². The lowest BCUT2D eigenvalue weighted by Gasteiger charge is -2.40. The summed E-state index contributed by atoms with van der Waals surface area (Å²) in [6, 6.07) is 2.06. The molecule has 0 N–H and O–H groups in total. The fourth-order valence-corrected chi connectivity index (χ4v) is 6.19. The second-order valence-electron chi connectivity index (χ2n) is 4.65. The van der Waals surface area contributed by atoms with Crippen LogP contribution in [-0.4, -0.2) is 26.4 Å². The van der Waals surface area contributed by atoms with Gasteiger partial charge < -0.3 is 9.47 Å². The monoisotopic (exact) mass is 250 g/mol. The van der Waals surface area contributed by atoms with Crippen molar-refractivity contribution in [3.63, 3.8) is 0 Å². The maximum Gasteiger partial charge on any atom is 0.166 e. The van der Waals surface area contributed by atoms with Crippen LogP contribution in [0.15, 0.2) is 0 Å². The molecule has 0 aromatic heterocycles. The highest BCUT2D eigenvalue weighted by atomic mass is 35.6. The molecule has 0 aromatic carbocycles. The lowest BCUT2D eigenvalue weighted by atomic mass is 10.2. The van der Waals surface area contributed by atoms with E-state index in [4.69, 9.17) is 20.6 Å². The van der Waals surface area contributed by atoms with Crippen molar-refractivity contribution in [3.8, 4) is 0 Å². The van der Waals surface area contributed by atoms with E-state index in [1.165, 1.54) is 0 Å². The Morgan fingerprint density at radius 1 is 1.27 bits per heavy atom. The van der Waals surface area contributed by atoms with Crippen LogP contribution in [-0.2, 0) is 9.47 Å². The Morgan fingerprint density at radius 3 is 2.33 bits per heavy atom. The maximum absolute atomic E-state index is 6.62. The number of halogens is 1. The molecule has 4 heteroatoms. The van der Waals surface area contributed by atoms with Crippen molar-refractivity contribution in [2.24, 2.45) is 0 Å². The van der Waals surface area contributed by atoms with Gasteiger partial charge in [0.25, 0.3) is 0 Å². The van der Waals surface area contributed by atoms with Gasteiger partial charge in [0, 0.05) is 6.04 Å². The highest BCUT2D eigenvalue weighted by Crippen LogP contribution is 2.36. The van der Waals surface area contributed by atoms with Crippen LogP contribution < -0.4 is 0 Å². The molecular formula is C11H23ClO2Si. The predicted octanol–water partition coefficient (Wildman–Crippen LogP) is 3.75. The van der Waals surface area contributed by atoms with Gasteiger partial charge in [-0.1, -0.05) is 26.8 Å². The van der Waals surface area contributed by atoms with E-state index in [0.717, 1.165) is 44.6 Å². The molecule has 1 heterocycles. The Bertz CT molecular complexity index is 191. The van der Waals surface area contributed by atoms with Gasteiger partial charge in [0.2, 0.25) is 0 Å². The van der Waals surface area contributed by atoms with E-state index in [-0.39, 0.29) is 5.79 Å². The molecule has 1 aliphatic heterocycles. The molecule has 1 unspecified atom stereocenters. The first-order valence-corrected chi connectivity index (χ1v) is 9.93. The normalized spacial score (nSPS) is 24.8. The van der Waals surface area contributed by atoms with Crippen molar-refractivity contribution in [2.75, 3.05) is 13.2 Å². The van der Waals surface area contributed by atoms with Crippen molar-refractivity contribution >= 4 is 18.5 Å². The zero-order valence-corrected chi connectivity index (χ0v) is 11.9. The minimum atomic E-state index is -1.66. The van der Waals surface area contributed by atoms with Crippen LogP contribution in [0.5, 0.6) is 0 Å². The van der Waals surface area contributed by atoms with Crippen molar-refractivity contribution < 1.29 is 9.47 Å². The van der Waals surface area contributed by atoms with Crippen molar-refractivity contribution in [1.29, 1.82) is 0 Å². The van der Waals surface area contributed by atoms with Crippen LogP contribution in [0.2, 0.25) is 18.6 Å². The minimum absolute atomic E-state index is 0.365. The van der Waals surface area contributed by atoms with E-state index < -0.39 is 7.38 Å². The zero-order valence-electron chi connectivity index (χ0n) is 10.1. The highest BCUT2D eigenvalue weighted by molar-refractivity contribution is 7.19. The zero-order chi connectivity index (χ0) is 11.4. The molecule has 0 aliphatic carbocycles. The summed E-state index contributed by atoms with van der Waals surface area (Å²) >= 11 is 6.62. The number of hydrogen-bond acceptors (Lipinski definition) is 2. The molecule has 0 spiro atoms. The molecule has 0 saturated carbocycles. The molecule has 1 rings (SSSR count). The Labute approximate surface area is 99.0 Å². The van der Waals surface area contributed by atoms with Crippen LogP contribution >= 0.6 is 11.1 Å². The molecule has 1 fully saturated rings. The first-order valence-electron chi connectivity index (χ1n) is 6.00. The number of rotatable bonds is 5. The van der Waals surface area contributed by atoms with Gasteiger partial charge in [-0.25, -0.2) is 0 Å². The molecule has 0 amide bonds. The topological polar surface area (TPSA) is 18.5 Å². The Hall–Kier alpha value is 0.427. The molecule has 90 valence electrons. The van der Waals surface area contributed by atoms with Crippen LogP contribution in [0.3, 0.4) is 0 Å². The SMILES string of the molecule is CCC[Si](C)(Cl)CC1(CC)OCCCO1. The fraction of sp³-hybridized carbons (Fsp3) is 1.00. The molecule has 0 radical (unpaired) electrons. The van der Waals surface area contributed by atoms with E-state index in [1.54, 1.807) is 0 Å². The van der Waals surface area contributed by atoms with Gasteiger partial charge in [0.1, 0.15) is 0 Å². The summed E-state index contributed by atoms with van der Waals surface area (Å²) in [5.74, 6) is -0.365. The van der Waals surface area contributed by atoms with Gasteiger partial charge >= 0.3 is 0 Å². The largest absolute Gasteiger partial charge is 0.350 e. The van der Waals surface area contributed by atoms with E-state index in [9.17, 15) is 0 Å². The van der Waals surface area contributed by atoms with Gasteiger partial charge in [0.15, 0.2) is 13.2 Å². The molecular weight excluding hydrogens is 228 g/mol.